The third-order valence-corrected chi connectivity index (χ3v) is 5.48. The molecule has 0 spiro atoms. The highest BCUT2D eigenvalue weighted by molar-refractivity contribution is 7.27. The minimum atomic E-state index is -1.21. The van der Waals surface area contributed by atoms with Crippen LogP contribution in [0.15, 0.2) is 29.6 Å². The van der Waals surface area contributed by atoms with Crippen molar-refractivity contribution in [3.8, 4) is 0 Å². The smallest absolute Gasteiger partial charge is 0.161 e. The van der Waals surface area contributed by atoms with Crippen molar-refractivity contribution in [3.05, 3.63) is 57.5 Å². The van der Waals surface area contributed by atoms with E-state index in [9.17, 15) is 13.2 Å². The maximum absolute atomic E-state index is 13.7. The summed E-state index contributed by atoms with van der Waals surface area (Å²) >= 11 is 9.15. The predicted octanol–water partition coefficient (Wildman–Crippen LogP) is 5.71. The molecule has 6 heteroatoms. The molecule has 2 heterocycles. The molecule has 1 atom stereocenters. The summed E-state index contributed by atoms with van der Waals surface area (Å²) in [6.07, 6.45) is 0. The fourth-order valence-electron chi connectivity index (χ4n) is 1.79. The van der Waals surface area contributed by atoms with Crippen molar-refractivity contribution in [2.45, 2.75) is 5.38 Å². The fraction of sp³-hybridized carbons (Fsp3) is 0.0769. The third-order valence-electron chi connectivity index (χ3n) is 2.72. The fourth-order valence-corrected chi connectivity index (χ4v) is 4.28. The predicted molar refractivity (Wildman–Crippen MR) is 73.7 cm³/mol. The van der Waals surface area contributed by atoms with Gasteiger partial charge >= 0.3 is 0 Å². The lowest BCUT2D eigenvalue weighted by Crippen LogP contribution is -1.98. The van der Waals surface area contributed by atoms with E-state index in [-0.39, 0.29) is 5.56 Å². The number of thiophene rings is 2. The zero-order valence-electron chi connectivity index (χ0n) is 9.29. The number of halogens is 4. The highest BCUT2D eigenvalue weighted by Crippen LogP contribution is 2.40. The van der Waals surface area contributed by atoms with E-state index in [1.165, 1.54) is 11.3 Å². The highest BCUT2D eigenvalue weighted by Gasteiger charge is 2.20. The van der Waals surface area contributed by atoms with Crippen LogP contribution >= 0.6 is 34.3 Å². The molecule has 19 heavy (non-hydrogen) atoms. The number of benzene rings is 1. The Morgan fingerprint density at radius 2 is 1.68 bits per heavy atom. The van der Waals surface area contributed by atoms with Crippen LogP contribution in [-0.4, -0.2) is 0 Å². The number of hydrogen-bond donors (Lipinski definition) is 0. The first-order valence-corrected chi connectivity index (χ1v) is 7.45. The molecule has 1 aromatic carbocycles. The lowest BCUT2D eigenvalue weighted by Gasteiger charge is -2.09. The van der Waals surface area contributed by atoms with Crippen molar-refractivity contribution in [2.24, 2.45) is 0 Å². The minimum Gasteiger partial charge on any atom is -0.207 e. The van der Waals surface area contributed by atoms with Crippen LogP contribution < -0.4 is 0 Å². The average molecular weight is 319 g/mol. The lowest BCUT2D eigenvalue weighted by atomic mass is 10.1. The van der Waals surface area contributed by atoms with E-state index < -0.39 is 22.8 Å². The SMILES string of the molecule is Fc1cc(F)c(C(Cl)c2cc3sccc3s2)cc1F. The van der Waals surface area contributed by atoms with E-state index in [2.05, 4.69) is 0 Å². The summed E-state index contributed by atoms with van der Waals surface area (Å²) < 4.78 is 41.8. The summed E-state index contributed by atoms with van der Waals surface area (Å²) in [6, 6.07) is 5.13. The van der Waals surface area contributed by atoms with E-state index >= 15 is 0 Å². The van der Waals surface area contributed by atoms with Crippen LogP contribution in [0.2, 0.25) is 0 Å². The molecule has 0 radical (unpaired) electrons. The van der Waals surface area contributed by atoms with Crippen LogP contribution in [0.25, 0.3) is 9.40 Å². The summed E-state index contributed by atoms with van der Waals surface area (Å²) in [6.45, 7) is 0. The molecule has 0 N–H and O–H groups in total. The van der Waals surface area contributed by atoms with Gasteiger partial charge in [-0.05, 0) is 23.6 Å². The van der Waals surface area contributed by atoms with Gasteiger partial charge in [-0.15, -0.1) is 34.3 Å². The first-order valence-electron chi connectivity index (χ1n) is 5.31. The van der Waals surface area contributed by atoms with Crippen LogP contribution in [0, 0.1) is 17.5 Å². The number of rotatable bonds is 2. The summed E-state index contributed by atoms with van der Waals surface area (Å²) in [4.78, 5) is 0.716. The van der Waals surface area contributed by atoms with Crippen molar-refractivity contribution >= 4 is 43.7 Å². The van der Waals surface area contributed by atoms with Crippen molar-refractivity contribution in [3.63, 3.8) is 0 Å². The van der Waals surface area contributed by atoms with E-state index in [0.717, 1.165) is 15.5 Å². The molecule has 0 bridgehead atoms. The molecular formula is C13H6ClF3S2. The van der Waals surface area contributed by atoms with Crippen molar-refractivity contribution in [2.75, 3.05) is 0 Å². The van der Waals surface area contributed by atoms with E-state index in [1.54, 1.807) is 11.3 Å². The molecule has 1 unspecified atom stereocenters. The molecule has 0 aliphatic heterocycles. The van der Waals surface area contributed by atoms with Gasteiger partial charge in [0, 0.05) is 25.9 Å². The van der Waals surface area contributed by atoms with Crippen LogP contribution in [0.5, 0.6) is 0 Å². The number of hydrogen-bond acceptors (Lipinski definition) is 2. The van der Waals surface area contributed by atoms with Crippen molar-refractivity contribution in [1.29, 1.82) is 0 Å². The van der Waals surface area contributed by atoms with Crippen LogP contribution in [-0.2, 0) is 0 Å². The standard InChI is InChI=1S/C13H6ClF3S2/c14-13(6-3-8(16)9(17)4-7(6)15)12-5-11-10(19-12)1-2-18-11/h1-5,13H. The molecule has 3 rings (SSSR count). The molecule has 2 aromatic heterocycles. The molecule has 0 saturated carbocycles. The zero-order valence-corrected chi connectivity index (χ0v) is 11.7. The van der Waals surface area contributed by atoms with Crippen LogP contribution in [0.4, 0.5) is 13.2 Å². The maximum Gasteiger partial charge on any atom is 0.161 e. The Kier molecular flexibility index (Phi) is 3.28. The van der Waals surface area contributed by atoms with Crippen molar-refractivity contribution in [1.82, 2.24) is 0 Å². The zero-order chi connectivity index (χ0) is 13.6. The second-order valence-electron chi connectivity index (χ2n) is 3.95. The molecule has 98 valence electrons. The highest BCUT2D eigenvalue weighted by atomic mass is 35.5. The second-order valence-corrected chi connectivity index (χ2v) is 6.45. The summed E-state index contributed by atoms with van der Waals surface area (Å²) in [5.74, 6) is -3.15. The molecule has 0 aliphatic carbocycles. The minimum absolute atomic E-state index is 0.0468. The Labute approximate surface area is 120 Å². The largest absolute Gasteiger partial charge is 0.207 e. The van der Waals surface area contributed by atoms with Gasteiger partial charge in [0.25, 0.3) is 0 Å². The van der Waals surface area contributed by atoms with Crippen LogP contribution in [0.1, 0.15) is 15.8 Å². The van der Waals surface area contributed by atoms with Gasteiger partial charge < -0.3 is 0 Å². The second kappa shape index (κ2) is 4.81. The first-order chi connectivity index (χ1) is 9.06. The first kappa shape index (κ1) is 13.0. The summed E-state index contributed by atoms with van der Waals surface area (Å²) in [5.41, 5.74) is -0.0468. The Morgan fingerprint density at radius 3 is 2.42 bits per heavy atom. The van der Waals surface area contributed by atoms with Gasteiger partial charge in [0.05, 0.1) is 5.38 Å². The Morgan fingerprint density at radius 1 is 0.947 bits per heavy atom. The maximum atomic E-state index is 13.7. The molecule has 0 fully saturated rings. The quantitative estimate of drug-likeness (QED) is 0.419. The molecule has 0 saturated heterocycles. The summed E-state index contributed by atoms with van der Waals surface area (Å²) in [7, 11) is 0. The van der Waals surface area contributed by atoms with Crippen LogP contribution in [0.3, 0.4) is 0 Å². The average Bonchev–Trinajstić information content (AvgIpc) is 2.93. The molecule has 0 amide bonds. The Balaban J connectivity index is 2.06. The van der Waals surface area contributed by atoms with E-state index in [4.69, 9.17) is 11.6 Å². The monoisotopic (exact) mass is 318 g/mol. The van der Waals surface area contributed by atoms with Crippen molar-refractivity contribution < 1.29 is 13.2 Å². The molecule has 0 aliphatic rings. The Hall–Kier alpha value is -1.04. The van der Waals surface area contributed by atoms with Gasteiger partial charge in [-0.2, -0.15) is 0 Å². The molecular weight excluding hydrogens is 313 g/mol. The number of alkyl halides is 1. The topological polar surface area (TPSA) is 0 Å². The Bertz CT molecular complexity index is 719. The summed E-state index contributed by atoms with van der Waals surface area (Å²) in [5, 5.41) is 1.13. The molecule has 0 nitrogen and oxygen atoms in total. The van der Waals surface area contributed by atoms with Gasteiger partial charge in [0.15, 0.2) is 11.6 Å². The van der Waals surface area contributed by atoms with Gasteiger partial charge in [-0.25, -0.2) is 13.2 Å². The van der Waals surface area contributed by atoms with Gasteiger partial charge in [0.2, 0.25) is 0 Å². The normalized spacial score (nSPS) is 13.1. The number of fused-ring (bicyclic) bond motifs is 1. The van der Waals surface area contributed by atoms with Gasteiger partial charge in [0.1, 0.15) is 5.82 Å². The lowest BCUT2D eigenvalue weighted by molar-refractivity contribution is 0.490. The van der Waals surface area contributed by atoms with Gasteiger partial charge in [-0.1, -0.05) is 0 Å². The van der Waals surface area contributed by atoms with E-state index in [1.807, 2.05) is 17.5 Å². The van der Waals surface area contributed by atoms with Gasteiger partial charge in [-0.3, -0.25) is 0 Å². The molecule has 3 aromatic rings. The van der Waals surface area contributed by atoms with E-state index in [0.29, 0.717) is 10.9 Å². The third kappa shape index (κ3) is 2.26.